The molecule has 0 spiro atoms. The predicted molar refractivity (Wildman–Crippen MR) is 78.1 cm³/mol. The summed E-state index contributed by atoms with van der Waals surface area (Å²) in [7, 11) is -1.91. The molecule has 0 bridgehead atoms. The second-order valence-electron chi connectivity index (χ2n) is 4.98. The fraction of sp³-hybridized carbons (Fsp3) is 0.769. The number of unbranched alkanes of at least 4 members (excludes halogenated alkanes) is 2. The molecule has 20 heavy (non-hydrogen) atoms. The van der Waals surface area contributed by atoms with Gasteiger partial charge < -0.3 is 5.11 Å². The van der Waals surface area contributed by atoms with Gasteiger partial charge in [-0.3, -0.25) is 4.68 Å². The Morgan fingerprint density at radius 3 is 2.50 bits per heavy atom. The molecule has 0 radical (unpaired) electrons. The van der Waals surface area contributed by atoms with E-state index in [1.807, 2.05) is 0 Å². The van der Waals surface area contributed by atoms with Crippen molar-refractivity contribution >= 4 is 10.0 Å². The molecule has 1 N–H and O–H groups in total. The minimum Gasteiger partial charge on any atom is -0.394 e. The average molecular weight is 303 g/mol. The van der Waals surface area contributed by atoms with Crippen LogP contribution in [0.15, 0.2) is 4.90 Å². The maximum atomic E-state index is 12.6. The van der Waals surface area contributed by atoms with Crippen molar-refractivity contribution in [2.75, 3.05) is 20.2 Å². The van der Waals surface area contributed by atoms with Crippen LogP contribution in [0.1, 0.15) is 37.6 Å². The van der Waals surface area contributed by atoms with Gasteiger partial charge in [-0.2, -0.15) is 5.10 Å². The zero-order chi connectivity index (χ0) is 15.3. The molecular formula is C13H25N3O3S. The predicted octanol–water partition coefficient (Wildman–Crippen LogP) is 1.30. The van der Waals surface area contributed by atoms with E-state index in [9.17, 15) is 8.42 Å². The summed E-state index contributed by atoms with van der Waals surface area (Å²) in [4.78, 5) is 0.268. The second kappa shape index (κ2) is 7.19. The normalized spacial score (nSPS) is 12.3. The summed E-state index contributed by atoms with van der Waals surface area (Å²) in [6, 6.07) is 0. The second-order valence-corrected chi connectivity index (χ2v) is 6.96. The quantitative estimate of drug-likeness (QED) is 0.735. The van der Waals surface area contributed by atoms with Crippen LogP contribution in [0.5, 0.6) is 0 Å². The number of aryl methyl sites for hydroxylation is 1. The van der Waals surface area contributed by atoms with Crippen LogP contribution in [0, 0.1) is 13.8 Å². The Labute approximate surface area is 121 Å². The van der Waals surface area contributed by atoms with Crippen molar-refractivity contribution in [3.63, 3.8) is 0 Å². The van der Waals surface area contributed by atoms with Crippen molar-refractivity contribution in [1.29, 1.82) is 0 Å². The lowest BCUT2D eigenvalue weighted by molar-refractivity contribution is 0.267. The maximum Gasteiger partial charge on any atom is 0.246 e. The van der Waals surface area contributed by atoms with Gasteiger partial charge in [-0.1, -0.05) is 19.8 Å². The molecule has 0 unspecified atom stereocenters. The Bertz CT molecular complexity index is 537. The van der Waals surface area contributed by atoms with Crippen LogP contribution >= 0.6 is 0 Å². The molecule has 1 heterocycles. The molecule has 0 saturated heterocycles. The van der Waals surface area contributed by atoms with E-state index < -0.39 is 10.0 Å². The molecule has 116 valence electrons. The fourth-order valence-corrected chi connectivity index (χ4v) is 3.80. The molecule has 1 aromatic heterocycles. The molecule has 0 aliphatic carbocycles. The van der Waals surface area contributed by atoms with Crippen molar-refractivity contribution in [2.24, 2.45) is 0 Å². The van der Waals surface area contributed by atoms with Gasteiger partial charge in [-0.15, -0.1) is 0 Å². The molecule has 0 saturated carbocycles. The first kappa shape index (κ1) is 17.1. The molecule has 0 atom stereocenters. The summed E-state index contributed by atoms with van der Waals surface area (Å²) in [5.74, 6) is 0. The molecule has 0 aliphatic heterocycles. The zero-order valence-corrected chi connectivity index (χ0v) is 13.6. The minimum atomic E-state index is -3.51. The van der Waals surface area contributed by atoms with E-state index in [1.54, 1.807) is 25.6 Å². The molecule has 7 heteroatoms. The number of sulfonamides is 1. The van der Waals surface area contributed by atoms with E-state index in [-0.39, 0.29) is 11.5 Å². The van der Waals surface area contributed by atoms with Crippen LogP contribution in [-0.4, -0.2) is 47.8 Å². The number of aliphatic hydroxyl groups is 1. The first-order valence-corrected chi connectivity index (χ1v) is 8.41. The number of aliphatic hydroxyl groups excluding tert-OH is 1. The molecule has 0 fully saturated rings. The van der Waals surface area contributed by atoms with Crippen molar-refractivity contribution in [3.05, 3.63) is 11.4 Å². The van der Waals surface area contributed by atoms with Crippen molar-refractivity contribution < 1.29 is 13.5 Å². The number of hydrogen-bond acceptors (Lipinski definition) is 4. The largest absolute Gasteiger partial charge is 0.394 e. The molecule has 6 nitrogen and oxygen atoms in total. The third-order valence-corrected chi connectivity index (χ3v) is 5.48. The number of rotatable bonds is 8. The summed E-state index contributed by atoms with van der Waals surface area (Å²) in [5.41, 5.74) is 1.07. The van der Waals surface area contributed by atoms with E-state index in [0.717, 1.165) is 19.3 Å². The van der Waals surface area contributed by atoms with Crippen LogP contribution < -0.4 is 0 Å². The SMILES string of the molecule is CCCCCN(C)S(=O)(=O)c1c(C)nn(CCO)c1C. The molecule has 0 aliphatic rings. The summed E-state index contributed by atoms with van der Waals surface area (Å²) in [6.07, 6.45) is 2.93. The summed E-state index contributed by atoms with van der Waals surface area (Å²) < 4.78 is 28.1. The highest BCUT2D eigenvalue weighted by molar-refractivity contribution is 7.89. The van der Waals surface area contributed by atoms with Crippen molar-refractivity contribution in [1.82, 2.24) is 14.1 Å². The maximum absolute atomic E-state index is 12.6. The van der Waals surface area contributed by atoms with E-state index in [2.05, 4.69) is 12.0 Å². The lowest BCUT2D eigenvalue weighted by Crippen LogP contribution is -2.28. The van der Waals surface area contributed by atoms with E-state index in [4.69, 9.17) is 5.11 Å². The van der Waals surface area contributed by atoms with Gasteiger partial charge in [0.05, 0.1) is 24.5 Å². The third kappa shape index (κ3) is 3.59. The lowest BCUT2D eigenvalue weighted by atomic mass is 10.2. The van der Waals surface area contributed by atoms with E-state index in [1.165, 1.54) is 4.31 Å². The monoisotopic (exact) mass is 303 g/mol. The topological polar surface area (TPSA) is 75.4 Å². The Balaban J connectivity index is 3.03. The van der Waals surface area contributed by atoms with Crippen molar-refractivity contribution in [3.8, 4) is 0 Å². The number of hydrogen-bond donors (Lipinski definition) is 1. The van der Waals surface area contributed by atoms with Gasteiger partial charge in [-0.05, 0) is 20.3 Å². The van der Waals surface area contributed by atoms with Gasteiger partial charge in [-0.25, -0.2) is 12.7 Å². The van der Waals surface area contributed by atoms with Crippen LogP contribution in [0.4, 0.5) is 0 Å². The molecule has 1 rings (SSSR count). The highest BCUT2D eigenvalue weighted by atomic mass is 32.2. The molecule has 0 aromatic carbocycles. The van der Waals surface area contributed by atoms with Gasteiger partial charge in [0, 0.05) is 13.6 Å². The van der Waals surface area contributed by atoms with Gasteiger partial charge >= 0.3 is 0 Å². The van der Waals surface area contributed by atoms with Crippen LogP contribution in [0.25, 0.3) is 0 Å². The number of aromatic nitrogens is 2. The molecular weight excluding hydrogens is 278 g/mol. The van der Waals surface area contributed by atoms with E-state index >= 15 is 0 Å². The first-order valence-electron chi connectivity index (χ1n) is 6.97. The minimum absolute atomic E-state index is 0.0617. The summed E-state index contributed by atoms with van der Waals surface area (Å²) >= 11 is 0. The van der Waals surface area contributed by atoms with Crippen molar-refractivity contribution in [2.45, 2.75) is 51.5 Å². The number of nitrogens with zero attached hydrogens (tertiary/aromatic N) is 3. The Morgan fingerprint density at radius 1 is 1.30 bits per heavy atom. The third-order valence-electron chi connectivity index (χ3n) is 3.37. The summed E-state index contributed by atoms with van der Waals surface area (Å²) in [6.45, 7) is 6.26. The average Bonchev–Trinajstić information content (AvgIpc) is 2.65. The Hall–Kier alpha value is -0.920. The highest BCUT2D eigenvalue weighted by Crippen LogP contribution is 2.23. The van der Waals surface area contributed by atoms with Gasteiger partial charge in [0.15, 0.2) is 0 Å². The first-order chi connectivity index (χ1) is 9.36. The van der Waals surface area contributed by atoms with Crippen LogP contribution in [-0.2, 0) is 16.6 Å². The Morgan fingerprint density at radius 2 is 1.95 bits per heavy atom. The van der Waals surface area contributed by atoms with Gasteiger partial charge in [0.25, 0.3) is 0 Å². The highest BCUT2D eigenvalue weighted by Gasteiger charge is 2.28. The lowest BCUT2D eigenvalue weighted by Gasteiger charge is -2.17. The zero-order valence-electron chi connectivity index (χ0n) is 12.8. The molecule has 1 aromatic rings. The van der Waals surface area contributed by atoms with Gasteiger partial charge in [0.2, 0.25) is 10.0 Å². The molecule has 0 amide bonds. The summed E-state index contributed by atoms with van der Waals surface area (Å²) in [5, 5.41) is 13.2. The van der Waals surface area contributed by atoms with E-state index in [0.29, 0.717) is 24.5 Å². The van der Waals surface area contributed by atoms with Crippen LogP contribution in [0.2, 0.25) is 0 Å². The van der Waals surface area contributed by atoms with Crippen LogP contribution in [0.3, 0.4) is 0 Å². The standard InChI is InChI=1S/C13H25N3O3S/c1-5-6-7-8-15(4)20(18,19)13-11(2)14-16(9-10-17)12(13)3/h17H,5-10H2,1-4H3. The fourth-order valence-electron chi connectivity index (χ4n) is 2.23. The smallest absolute Gasteiger partial charge is 0.246 e. The Kier molecular flexibility index (Phi) is 6.16. The van der Waals surface area contributed by atoms with Gasteiger partial charge in [0.1, 0.15) is 4.90 Å².